The first kappa shape index (κ1) is 13.4. The van der Waals surface area contributed by atoms with Gasteiger partial charge in [-0.05, 0) is 38.4 Å². The molecule has 18 heavy (non-hydrogen) atoms. The summed E-state index contributed by atoms with van der Waals surface area (Å²) in [4.78, 5) is 0. The fraction of sp³-hybridized carbons (Fsp3) is 0.538. The van der Waals surface area contributed by atoms with E-state index in [1.165, 1.54) is 5.56 Å². The van der Waals surface area contributed by atoms with E-state index in [-0.39, 0.29) is 5.75 Å². The van der Waals surface area contributed by atoms with E-state index in [2.05, 4.69) is 11.4 Å². The molecule has 5 heteroatoms. The first-order valence-electron chi connectivity index (χ1n) is 6.29. The Morgan fingerprint density at radius 2 is 2.17 bits per heavy atom. The molecule has 100 valence electrons. The summed E-state index contributed by atoms with van der Waals surface area (Å²) in [5, 5.41) is 2.89. The zero-order chi connectivity index (χ0) is 13.2. The van der Waals surface area contributed by atoms with Gasteiger partial charge in [-0.15, -0.1) is 0 Å². The van der Waals surface area contributed by atoms with E-state index in [0.29, 0.717) is 13.1 Å². The summed E-state index contributed by atoms with van der Waals surface area (Å²) in [6.45, 7) is 3.12. The van der Waals surface area contributed by atoms with Gasteiger partial charge in [-0.1, -0.05) is 17.7 Å². The minimum absolute atomic E-state index is 0.150. The zero-order valence-corrected chi connectivity index (χ0v) is 11.8. The maximum Gasteiger partial charge on any atom is 0.236 e. The maximum absolute atomic E-state index is 12.3. The molecule has 0 saturated heterocycles. The Balaban J connectivity index is 2.33. The van der Waals surface area contributed by atoms with Crippen molar-refractivity contribution in [2.75, 3.05) is 30.2 Å². The second-order valence-corrected chi connectivity index (χ2v) is 6.74. The summed E-state index contributed by atoms with van der Waals surface area (Å²) >= 11 is 0. The van der Waals surface area contributed by atoms with Crippen LogP contribution >= 0.6 is 0 Å². The molecule has 1 heterocycles. The number of fused-ring (bicyclic) bond motifs is 1. The van der Waals surface area contributed by atoms with Gasteiger partial charge in [0.25, 0.3) is 0 Å². The lowest BCUT2D eigenvalue weighted by Gasteiger charge is -2.30. The highest BCUT2D eigenvalue weighted by molar-refractivity contribution is 7.92. The molecule has 0 amide bonds. The Morgan fingerprint density at radius 1 is 1.39 bits per heavy atom. The maximum atomic E-state index is 12.3. The number of anilines is 1. The van der Waals surface area contributed by atoms with Gasteiger partial charge in [0.2, 0.25) is 10.0 Å². The number of sulfonamides is 1. The van der Waals surface area contributed by atoms with Gasteiger partial charge in [-0.3, -0.25) is 4.31 Å². The SMILES string of the molecule is CNCCS(=O)(=O)N1CCCc2cc(C)ccc21. The topological polar surface area (TPSA) is 49.4 Å². The molecule has 2 rings (SSSR count). The lowest BCUT2D eigenvalue weighted by molar-refractivity contribution is 0.584. The molecule has 0 aliphatic carbocycles. The number of aryl methyl sites for hydroxylation is 2. The molecule has 0 unspecified atom stereocenters. The van der Waals surface area contributed by atoms with Crippen molar-refractivity contribution < 1.29 is 8.42 Å². The van der Waals surface area contributed by atoms with E-state index >= 15 is 0 Å². The van der Waals surface area contributed by atoms with Crippen LogP contribution in [-0.2, 0) is 16.4 Å². The minimum atomic E-state index is -3.20. The number of nitrogens with zero attached hydrogens (tertiary/aromatic N) is 1. The van der Waals surface area contributed by atoms with Gasteiger partial charge < -0.3 is 5.32 Å². The zero-order valence-electron chi connectivity index (χ0n) is 10.9. The summed E-state index contributed by atoms with van der Waals surface area (Å²) in [5.41, 5.74) is 3.19. The van der Waals surface area contributed by atoms with Crippen molar-refractivity contribution in [1.82, 2.24) is 5.32 Å². The summed E-state index contributed by atoms with van der Waals surface area (Å²) < 4.78 is 26.1. The fourth-order valence-electron chi connectivity index (χ4n) is 2.32. The Bertz CT molecular complexity index is 526. The average molecular weight is 268 g/mol. The lowest BCUT2D eigenvalue weighted by Crippen LogP contribution is -2.39. The quantitative estimate of drug-likeness (QED) is 0.895. The highest BCUT2D eigenvalue weighted by Crippen LogP contribution is 2.30. The van der Waals surface area contributed by atoms with Crippen LogP contribution in [0, 0.1) is 6.92 Å². The largest absolute Gasteiger partial charge is 0.319 e. The Labute approximate surface area is 109 Å². The van der Waals surface area contributed by atoms with Crippen molar-refractivity contribution in [2.45, 2.75) is 19.8 Å². The molecule has 0 aromatic heterocycles. The molecule has 0 saturated carbocycles. The van der Waals surface area contributed by atoms with Crippen molar-refractivity contribution in [3.05, 3.63) is 29.3 Å². The minimum Gasteiger partial charge on any atom is -0.319 e. The van der Waals surface area contributed by atoms with Crippen molar-refractivity contribution >= 4 is 15.7 Å². The molecular formula is C13H20N2O2S. The van der Waals surface area contributed by atoms with Gasteiger partial charge in [0.05, 0.1) is 11.4 Å². The normalized spacial score (nSPS) is 15.6. The molecule has 0 bridgehead atoms. The van der Waals surface area contributed by atoms with Crippen LogP contribution in [0.5, 0.6) is 0 Å². The molecule has 1 aromatic rings. The van der Waals surface area contributed by atoms with E-state index in [4.69, 9.17) is 0 Å². The summed E-state index contributed by atoms with van der Waals surface area (Å²) in [5.74, 6) is 0.150. The average Bonchev–Trinajstić information content (AvgIpc) is 2.35. The number of hydrogen-bond donors (Lipinski definition) is 1. The van der Waals surface area contributed by atoms with Crippen LogP contribution in [0.25, 0.3) is 0 Å². The van der Waals surface area contributed by atoms with E-state index in [9.17, 15) is 8.42 Å². The van der Waals surface area contributed by atoms with Crippen molar-refractivity contribution in [1.29, 1.82) is 0 Å². The smallest absolute Gasteiger partial charge is 0.236 e. The summed E-state index contributed by atoms with van der Waals surface area (Å²) in [6.07, 6.45) is 1.87. The van der Waals surface area contributed by atoms with Crippen LogP contribution in [0.15, 0.2) is 18.2 Å². The van der Waals surface area contributed by atoms with Crippen LogP contribution < -0.4 is 9.62 Å². The first-order chi connectivity index (χ1) is 8.54. The Kier molecular flexibility index (Phi) is 3.92. The summed E-state index contributed by atoms with van der Waals surface area (Å²) in [7, 11) is -1.43. The van der Waals surface area contributed by atoms with Crippen molar-refractivity contribution in [3.63, 3.8) is 0 Å². The molecular weight excluding hydrogens is 248 g/mol. The summed E-state index contributed by atoms with van der Waals surface area (Å²) in [6, 6.07) is 6.00. The third-order valence-corrected chi connectivity index (χ3v) is 5.03. The highest BCUT2D eigenvalue weighted by Gasteiger charge is 2.26. The fourth-order valence-corrected chi connectivity index (χ4v) is 3.89. The van der Waals surface area contributed by atoms with Gasteiger partial charge >= 0.3 is 0 Å². The lowest BCUT2D eigenvalue weighted by atomic mass is 10.0. The molecule has 1 aliphatic rings. The van der Waals surface area contributed by atoms with Gasteiger partial charge in [-0.25, -0.2) is 8.42 Å². The second-order valence-electron chi connectivity index (χ2n) is 4.73. The molecule has 1 N–H and O–H groups in total. The van der Waals surface area contributed by atoms with Crippen LogP contribution in [0.4, 0.5) is 5.69 Å². The number of rotatable bonds is 4. The first-order valence-corrected chi connectivity index (χ1v) is 7.90. The second kappa shape index (κ2) is 5.28. The number of hydrogen-bond acceptors (Lipinski definition) is 3. The van der Waals surface area contributed by atoms with E-state index in [0.717, 1.165) is 24.1 Å². The van der Waals surface area contributed by atoms with Crippen LogP contribution in [0.1, 0.15) is 17.5 Å². The monoisotopic (exact) mass is 268 g/mol. The van der Waals surface area contributed by atoms with Crippen LogP contribution in [0.2, 0.25) is 0 Å². The van der Waals surface area contributed by atoms with Gasteiger partial charge in [0.15, 0.2) is 0 Å². The van der Waals surface area contributed by atoms with Crippen LogP contribution in [-0.4, -0.2) is 34.3 Å². The number of nitrogens with one attached hydrogen (secondary N) is 1. The molecule has 0 atom stereocenters. The van der Waals surface area contributed by atoms with Crippen LogP contribution in [0.3, 0.4) is 0 Å². The molecule has 1 aliphatic heterocycles. The van der Waals surface area contributed by atoms with Gasteiger partial charge in [0, 0.05) is 13.1 Å². The standard InChI is InChI=1S/C13H20N2O2S/c1-11-5-6-13-12(10-11)4-3-8-15(13)18(16,17)9-7-14-2/h5-6,10,14H,3-4,7-9H2,1-2H3. The molecule has 4 nitrogen and oxygen atoms in total. The molecule has 0 spiro atoms. The van der Waals surface area contributed by atoms with Gasteiger partial charge in [0.1, 0.15) is 0 Å². The predicted molar refractivity (Wildman–Crippen MR) is 74.6 cm³/mol. The molecule has 0 radical (unpaired) electrons. The third-order valence-electron chi connectivity index (χ3n) is 3.26. The van der Waals surface area contributed by atoms with E-state index in [1.54, 1.807) is 11.4 Å². The van der Waals surface area contributed by atoms with Gasteiger partial charge in [-0.2, -0.15) is 0 Å². The van der Waals surface area contributed by atoms with E-state index < -0.39 is 10.0 Å². The number of benzene rings is 1. The third kappa shape index (κ3) is 2.67. The van der Waals surface area contributed by atoms with Crippen molar-refractivity contribution in [2.24, 2.45) is 0 Å². The van der Waals surface area contributed by atoms with Crippen molar-refractivity contribution in [3.8, 4) is 0 Å². The Morgan fingerprint density at radius 3 is 2.89 bits per heavy atom. The predicted octanol–water partition coefficient (Wildman–Crippen LogP) is 1.30. The Hall–Kier alpha value is -1.07. The molecule has 0 fully saturated rings. The highest BCUT2D eigenvalue weighted by atomic mass is 32.2. The van der Waals surface area contributed by atoms with E-state index in [1.807, 2.05) is 19.1 Å². The molecule has 1 aromatic carbocycles.